The Morgan fingerprint density at radius 3 is 1.91 bits per heavy atom. The van der Waals surface area contributed by atoms with Gasteiger partial charge in [0.05, 0.1) is 23.4 Å². The summed E-state index contributed by atoms with van der Waals surface area (Å²) in [6.45, 7) is 3.92. The van der Waals surface area contributed by atoms with Gasteiger partial charge in [-0.25, -0.2) is 0 Å². The molecule has 1 unspecified atom stereocenters. The van der Waals surface area contributed by atoms with E-state index in [-0.39, 0.29) is 23.4 Å². The van der Waals surface area contributed by atoms with E-state index in [4.69, 9.17) is 4.74 Å². The molecule has 1 aliphatic rings. The number of benzene rings is 2. The van der Waals surface area contributed by atoms with Gasteiger partial charge in [0.25, 0.3) is 11.4 Å². The molecule has 1 fully saturated rings. The van der Waals surface area contributed by atoms with Crippen LogP contribution in [0.5, 0.6) is 0 Å². The molecule has 3 rings (SSSR count). The number of rotatable bonds is 10. The first-order chi connectivity index (χ1) is 15.9. The molecule has 1 saturated heterocycles. The second-order valence-electron chi connectivity index (χ2n) is 8.12. The SMILES string of the molecule is COC(=O)CC1CN(CCc2ccc([N+](=O)[O-])cc2)CCN1CCc1ccc([N+](=O)[O-])cc1. The minimum Gasteiger partial charge on any atom is -0.469 e. The van der Waals surface area contributed by atoms with E-state index in [1.165, 1.54) is 31.4 Å². The molecule has 176 valence electrons. The Kier molecular flexibility index (Phi) is 8.45. The molecular weight excluding hydrogens is 428 g/mol. The Morgan fingerprint density at radius 1 is 0.909 bits per heavy atom. The van der Waals surface area contributed by atoms with Gasteiger partial charge >= 0.3 is 5.97 Å². The highest BCUT2D eigenvalue weighted by Crippen LogP contribution is 2.18. The van der Waals surface area contributed by atoms with Gasteiger partial charge in [0.15, 0.2) is 0 Å². The number of carbonyl (C=O) groups excluding carboxylic acids is 1. The molecule has 0 saturated carbocycles. The van der Waals surface area contributed by atoms with Crippen LogP contribution in [-0.2, 0) is 22.4 Å². The molecule has 0 aromatic heterocycles. The number of methoxy groups -OCH3 is 1. The van der Waals surface area contributed by atoms with Gasteiger partial charge in [-0.3, -0.25) is 29.9 Å². The molecule has 1 aliphatic heterocycles. The largest absolute Gasteiger partial charge is 0.469 e. The van der Waals surface area contributed by atoms with Crippen molar-refractivity contribution in [2.45, 2.75) is 25.3 Å². The molecule has 10 heteroatoms. The van der Waals surface area contributed by atoms with Gasteiger partial charge in [-0.1, -0.05) is 24.3 Å². The van der Waals surface area contributed by atoms with E-state index in [1.54, 1.807) is 24.3 Å². The van der Waals surface area contributed by atoms with Gasteiger partial charge in [-0.15, -0.1) is 0 Å². The van der Waals surface area contributed by atoms with Gasteiger partial charge < -0.3 is 9.64 Å². The number of hydrogen-bond donors (Lipinski definition) is 0. The van der Waals surface area contributed by atoms with Gasteiger partial charge in [0.2, 0.25) is 0 Å². The summed E-state index contributed by atoms with van der Waals surface area (Å²) in [6, 6.07) is 13.2. The molecule has 0 amide bonds. The van der Waals surface area contributed by atoms with E-state index in [0.717, 1.165) is 56.7 Å². The second kappa shape index (κ2) is 11.5. The maximum absolute atomic E-state index is 12.0. The summed E-state index contributed by atoms with van der Waals surface area (Å²) in [5, 5.41) is 21.6. The molecule has 2 aromatic carbocycles. The van der Waals surface area contributed by atoms with Crippen molar-refractivity contribution in [3.05, 3.63) is 79.9 Å². The van der Waals surface area contributed by atoms with Crippen LogP contribution < -0.4 is 0 Å². The molecule has 0 N–H and O–H groups in total. The minimum absolute atomic E-state index is 0.0149. The van der Waals surface area contributed by atoms with E-state index in [9.17, 15) is 25.0 Å². The van der Waals surface area contributed by atoms with Crippen molar-refractivity contribution < 1.29 is 19.4 Å². The van der Waals surface area contributed by atoms with E-state index in [1.807, 2.05) is 0 Å². The Bertz CT molecular complexity index is 964. The molecule has 33 heavy (non-hydrogen) atoms. The van der Waals surface area contributed by atoms with Crippen molar-refractivity contribution in [3.63, 3.8) is 0 Å². The van der Waals surface area contributed by atoms with E-state index in [2.05, 4.69) is 9.80 Å². The molecule has 1 heterocycles. The summed E-state index contributed by atoms with van der Waals surface area (Å²) in [5.41, 5.74) is 2.20. The Morgan fingerprint density at radius 2 is 1.42 bits per heavy atom. The third-order valence-corrected chi connectivity index (χ3v) is 6.02. The van der Waals surface area contributed by atoms with Crippen molar-refractivity contribution in [2.24, 2.45) is 0 Å². The summed E-state index contributed by atoms with van der Waals surface area (Å²) < 4.78 is 4.89. The molecule has 0 spiro atoms. The van der Waals surface area contributed by atoms with Crippen LogP contribution in [0, 0.1) is 20.2 Å². The van der Waals surface area contributed by atoms with Crippen molar-refractivity contribution in [3.8, 4) is 0 Å². The fraction of sp³-hybridized carbons (Fsp3) is 0.435. The Labute approximate surface area is 192 Å². The zero-order chi connectivity index (χ0) is 23.8. The predicted octanol–water partition coefficient (Wildman–Crippen LogP) is 2.84. The third-order valence-electron chi connectivity index (χ3n) is 6.02. The Balaban J connectivity index is 1.56. The zero-order valence-corrected chi connectivity index (χ0v) is 18.6. The molecule has 0 aliphatic carbocycles. The molecular formula is C23H28N4O6. The predicted molar refractivity (Wildman–Crippen MR) is 122 cm³/mol. The highest BCUT2D eigenvalue weighted by Gasteiger charge is 2.28. The van der Waals surface area contributed by atoms with Crippen molar-refractivity contribution in [1.82, 2.24) is 9.80 Å². The van der Waals surface area contributed by atoms with Gasteiger partial charge in [-0.05, 0) is 24.0 Å². The smallest absolute Gasteiger partial charge is 0.307 e. The van der Waals surface area contributed by atoms with Crippen molar-refractivity contribution in [2.75, 3.05) is 39.8 Å². The first-order valence-electron chi connectivity index (χ1n) is 10.9. The van der Waals surface area contributed by atoms with Crippen LogP contribution in [0.2, 0.25) is 0 Å². The Hall–Kier alpha value is -3.37. The zero-order valence-electron chi connectivity index (χ0n) is 18.6. The highest BCUT2D eigenvalue weighted by molar-refractivity contribution is 5.70. The summed E-state index contributed by atoms with van der Waals surface area (Å²) >= 11 is 0. The van der Waals surface area contributed by atoms with Crippen LogP contribution in [-0.4, -0.2) is 71.5 Å². The lowest BCUT2D eigenvalue weighted by atomic mass is 10.0. The normalized spacial score (nSPS) is 16.9. The van der Waals surface area contributed by atoms with Crippen molar-refractivity contribution >= 4 is 17.3 Å². The topological polar surface area (TPSA) is 119 Å². The first-order valence-corrected chi connectivity index (χ1v) is 10.9. The van der Waals surface area contributed by atoms with Crippen LogP contribution in [0.15, 0.2) is 48.5 Å². The number of ether oxygens (including phenoxy) is 1. The van der Waals surface area contributed by atoms with Gasteiger partial charge in [0, 0.05) is 63.0 Å². The fourth-order valence-electron chi connectivity index (χ4n) is 4.05. The number of hydrogen-bond acceptors (Lipinski definition) is 8. The summed E-state index contributed by atoms with van der Waals surface area (Å²) in [6.07, 6.45) is 1.80. The van der Waals surface area contributed by atoms with Gasteiger partial charge in [0.1, 0.15) is 0 Å². The summed E-state index contributed by atoms with van der Waals surface area (Å²) in [7, 11) is 1.39. The highest BCUT2D eigenvalue weighted by atomic mass is 16.6. The number of nitro groups is 2. The summed E-state index contributed by atoms with van der Waals surface area (Å²) in [5.74, 6) is -0.252. The maximum Gasteiger partial charge on any atom is 0.307 e. The molecule has 2 aromatic rings. The maximum atomic E-state index is 12.0. The van der Waals surface area contributed by atoms with Crippen LogP contribution in [0.3, 0.4) is 0 Å². The number of nitro benzene ring substituents is 2. The lowest BCUT2D eigenvalue weighted by Crippen LogP contribution is -2.54. The van der Waals surface area contributed by atoms with Crippen LogP contribution >= 0.6 is 0 Å². The monoisotopic (exact) mass is 456 g/mol. The summed E-state index contributed by atoms with van der Waals surface area (Å²) in [4.78, 5) is 37.4. The van der Waals surface area contributed by atoms with Crippen LogP contribution in [0.4, 0.5) is 11.4 Å². The van der Waals surface area contributed by atoms with E-state index in [0.29, 0.717) is 6.42 Å². The average Bonchev–Trinajstić information content (AvgIpc) is 2.82. The van der Waals surface area contributed by atoms with Crippen LogP contribution in [0.1, 0.15) is 17.5 Å². The number of non-ortho nitro benzene ring substituents is 2. The third kappa shape index (κ3) is 7.06. The number of carbonyl (C=O) groups is 1. The second-order valence-corrected chi connectivity index (χ2v) is 8.12. The lowest BCUT2D eigenvalue weighted by molar-refractivity contribution is -0.385. The van der Waals surface area contributed by atoms with E-state index < -0.39 is 9.85 Å². The molecule has 0 bridgehead atoms. The minimum atomic E-state index is -0.411. The number of piperazine rings is 1. The number of esters is 1. The molecule has 1 atom stereocenters. The molecule has 10 nitrogen and oxygen atoms in total. The fourth-order valence-corrected chi connectivity index (χ4v) is 4.05. The first kappa shape index (κ1) is 24.3. The van der Waals surface area contributed by atoms with E-state index >= 15 is 0 Å². The van der Waals surface area contributed by atoms with Gasteiger partial charge in [-0.2, -0.15) is 0 Å². The lowest BCUT2D eigenvalue weighted by Gasteiger charge is -2.41. The molecule has 0 radical (unpaired) electrons. The van der Waals surface area contributed by atoms with Crippen molar-refractivity contribution in [1.29, 1.82) is 0 Å². The quantitative estimate of drug-likeness (QED) is 0.304. The van der Waals surface area contributed by atoms with Crippen LogP contribution in [0.25, 0.3) is 0 Å². The standard InChI is InChI=1S/C23H28N4O6/c1-33-23(28)16-22-17-24(12-10-18-2-6-20(7-3-18)26(29)30)14-15-25(22)13-11-19-4-8-21(9-5-19)27(31)32/h2-9,22H,10-17H2,1H3. The average molecular weight is 456 g/mol. The number of nitrogens with zero attached hydrogens (tertiary/aromatic N) is 4.